The van der Waals surface area contributed by atoms with Crippen LogP contribution < -0.4 is 5.32 Å². The fraction of sp³-hybridized carbons (Fsp3) is 0.423. The molecule has 0 aliphatic rings. The van der Waals surface area contributed by atoms with Crippen molar-refractivity contribution in [3.63, 3.8) is 0 Å². The minimum Gasteiger partial charge on any atom is -0.505 e. The second kappa shape index (κ2) is 8.41. The Balaban J connectivity index is 2.17. The smallest absolute Gasteiger partial charge is 0.250 e. The molecular weight excluding hydrogens is 400 g/mol. The Hall–Kier alpha value is -3.15. The lowest BCUT2D eigenvalue weighted by Crippen LogP contribution is -2.21. The van der Waals surface area contributed by atoms with Crippen molar-refractivity contribution in [3.05, 3.63) is 53.6 Å². The molecule has 1 aromatic heterocycles. The van der Waals surface area contributed by atoms with Crippen molar-refractivity contribution < 1.29 is 9.90 Å². The Kier molecular flexibility index (Phi) is 6.18. The van der Waals surface area contributed by atoms with Gasteiger partial charge < -0.3 is 10.4 Å². The van der Waals surface area contributed by atoms with Gasteiger partial charge in [0.2, 0.25) is 0 Å². The van der Waals surface area contributed by atoms with Crippen LogP contribution in [0.2, 0.25) is 0 Å². The molecule has 6 heteroatoms. The molecule has 170 valence electrons. The molecule has 0 radical (unpaired) electrons. The minimum absolute atomic E-state index is 0.0619. The zero-order valence-electron chi connectivity index (χ0n) is 20.2. The molecular formula is C26H34N4O2. The van der Waals surface area contributed by atoms with Crippen LogP contribution in [0.5, 0.6) is 5.75 Å². The van der Waals surface area contributed by atoms with Crippen LogP contribution in [0.25, 0.3) is 16.7 Å². The third-order valence-corrected chi connectivity index (χ3v) is 6.61. The van der Waals surface area contributed by atoms with Gasteiger partial charge in [0, 0.05) is 16.8 Å². The molecule has 1 heterocycles. The van der Waals surface area contributed by atoms with Crippen LogP contribution >= 0.6 is 0 Å². The number of hydrogen-bond donors (Lipinski definition) is 2. The molecule has 32 heavy (non-hydrogen) atoms. The van der Waals surface area contributed by atoms with E-state index in [0.29, 0.717) is 28.0 Å². The highest BCUT2D eigenvalue weighted by atomic mass is 16.3. The van der Waals surface area contributed by atoms with Crippen molar-refractivity contribution in [2.24, 2.45) is 0 Å². The molecule has 2 aromatic carbocycles. The maximum atomic E-state index is 12.0. The van der Waals surface area contributed by atoms with Gasteiger partial charge in [0.05, 0.1) is 0 Å². The van der Waals surface area contributed by atoms with Crippen molar-refractivity contribution in [2.45, 2.75) is 72.1 Å². The summed E-state index contributed by atoms with van der Waals surface area (Å²) in [5.41, 5.74) is 4.68. The average Bonchev–Trinajstić information content (AvgIpc) is 3.16. The number of rotatable bonds is 7. The van der Waals surface area contributed by atoms with Crippen LogP contribution in [0.3, 0.4) is 0 Å². The molecule has 0 spiro atoms. The SMILES string of the molecule is C=C(C)C(=O)Nc1ccc2nn(-c3cc(C(C)(C)CC)cc(C(C)(C)CC)c3O)nc2c1. The first kappa shape index (κ1) is 23.5. The second-order valence-electron chi connectivity index (χ2n) is 9.79. The summed E-state index contributed by atoms with van der Waals surface area (Å²) in [6.45, 7) is 18.3. The van der Waals surface area contributed by atoms with E-state index in [4.69, 9.17) is 0 Å². The first-order valence-electron chi connectivity index (χ1n) is 11.1. The highest BCUT2D eigenvalue weighted by molar-refractivity contribution is 6.03. The third kappa shape index (κ3) is 4.40. The normalized spacial score (nSPS) is 12.2. The number of phenols is 1. The standard InChI is InChI=1S/C26H34N4O2/c1-9-25(5,6)17-13-19(26(7,8)10-2)23(31)22(14-17)30-28-20-12-11-18(15-21(20)29-30)27-24(32)16(3)4/h11-15,31H,3,9-10H2,1-2,4-8H3,(H,27,32). The van der Waals surface area contributed by atoms with Crippen molar-refractivity contribution in [1.82, 2.24) is 15.0 Å². The predicted molar refractivity (Wildman–Crippen MR) is 131 cm³/mol. The van der Waals surface area contributed by atoms with Crippen LogP contribution in [0.4, 0.5) is 5.69 Å². The molecule has 3 aromatic rings. The van der Waals surface area contributed by atoms with Gasteiger partial charge in [-0.2, -0.15) is 0 Å². The Labute approximate surface area is 190 Å². The number of carbonyl (C=O) groups is 1. The number of aromatic nitrogens is 3. The summed E-state index contributed by atoms with van der Waals surface area (Å²) in [6.07, 6.45) is 1.85. The Morgan fingerprint density at radius 2 is 1.66 bits per heavy atom. The van der Waals surface area contributed by atoms with Crippen LogP contribution in [-0.2, 0) is 15.6 Å². The third-order valence-electron chi connectivity index (χ3n) is 6.61. The molecule has 0 aliphatic carbocycles. The number of amides is 1. The van der Waals surface area contributed by atoms with Gasteiger partial charge in [-0.15, -0.1) is 15.0 Å². The molecule has 0 unspecified atom stereocenters. The number of carbonyl (C=O) groups excluding carboxylic acids is 1. The lowest BCUT2D eigenvalue weighted by Gasteiger charge is -2.30. The predicted octanol–water partition coefficient (Wildman–Crippen LogP) is 6.02. The van der Waals surface area contributed by atoms with Gasteiger partial charge >= 0.3 is 0 Å². The zero-order valence-corrected chi connectivity index (χ0v) is 20.2. The second-order valence-corrected chi connectivity index (χ2v) is 9.79. The highest BCUT2D eigenvalue weighted by Gasteiger charge is 2.29. The molecule has 6 nitrogen and oxygen atoms in total. The summed E-state index contributed by atoms with van der Waals surface area (Å²) in [5.74, 6) is -0.0426. The van der Waals surface area contributed by atoms with Crippen molar-refractivity contribution in [1.29, 1.82) is 0 Å². The number of phenolic OH excluding ortho intramolecular Hbond substituents is 1. The van der Waals surface area contributed by atoms with Gasteiger partial charge in [-0.05, 0) is 60.4 Å². The first-order valence-corrected chi connectivity index (χ1v) is 11.1. The van der Waals surface area contributed by atoms with Crippen molar-refractivity contribution >= 4 is 22.6 Å². The molecule has 1 amide bonds. The van der Waals surface area contributed by atoms with Crippen LogP contribution in [-0.4, -0.2) is 26.0 Å². The Morgan fingerprint density at radius 1 is 1.03 bits per heavy atom. The summed E-state index contributed by atoms with van der Waals surface area (Å²) in [6, 6.07) is 9.47. The monoisotopic (exact) mass is 434 g/mol. The van der Waals surface area contributed by atoms with E-state index in [1.54, 1.807) is 25.1 Å². The lowest BCUT2D eigenvalue weighted by molar-refractivity contribution is -0.112. The van der Waals surface area contributed by atoms with Gasteiger partial charge in [-0.3, -0.25) is 4.79 Å². The number of nitrogens with one attached hydrogen (secondary N) is 1. The average molecular weight is 435 g/mol. The van der Waals surface area contributed by atoms with Gasteiger partial charge in [-0.1, -0.05) is 54.2 Å². The fourth-order valence-electron chi connectivity index (χ4n) is 3.41. The van der Waals surface area contributed by atoms with Crippen molar-refractivity contribution in [2.75, 3.05) is 5.32 Å². The zero-order chi connectivity index (χ0) is 23.8. The number of fused-ring (bicyclic) bond motifs is 1. The number of anilines is 1. The van der Waals surface area contributed by atoms with Crippen LogP contribution in [0, 0.1) is 0 Å². The quantitative estimate of drug-likeness (QED) is 0.446. The van der Waals surface area contributed by atoms with Crippen LogP contribution in [0.15, 0.2) is 42.5 Å². The van der Waals surface area contributed by atoms with E-state index in [9.17, 15) is 9.90 Å². The molecule has 0 bridgehead atoms. The molecule has 3 rings (SSSR count). The van der Waals surface area contributed by atoms with Gasteiger partial charge in [0.15, 0.2) is 0 Å². The highest BCUT2D eigenvalue weighted by Crippen LogP contribution is 2.41. The Morgan fingerprint density at radius 3 is 2.25 bits per heavy atom. The summed E-state index contributed by atoms with van der Waals surface area (Å²) in [5, 5.41) is 23.3. The number of aromatic hydroxyl groups is 1. The van der Waals surface area contributed by atoms with Gasteiger partial charge in [0.25, 0.3) is 5.91 Å². The molecule has 0 fully saturated rings. The maximum Gasteiger partial charge on any atom is 0.250 e. The van der Waals surface area contributed by atoms with Gasteiger partial charge in [-0.25, -0.2) is 0 Å². The van der Waals surface area contributed by atoms with E-state index in [1.165, 1.54) is 4.80 Å². The number of benzene rings is 2. The maximum absolute atomic E-state index is 12.0. The largest absolute Gasteiger partial charge is 0.505 e. The fourth-order valence-corrected chi connectivity index (χ4v) is 3.41. The van der Waals surface area contributed by atoms with E-state index in [2.05, 4.69) is 69.7 Å². The molecule has 0 saturated carbocycles. The van der Waals surface area contributed by atoms with Crippen molar-refractivity contribution in [3.8, 4) is 11.4 Å². The summed E-state index contributed by atoms with van der Waals surface area (Å²) >= 11 is 0. The van der Waals surface area contributed by atoms with E-state index >= 15 is 0 Å². The molecule has 0 saturated heterocycles. The molecule has 2 N–H and O–H groups in total. The van der Waals surface area contributed by atoms with E-state index in [0.717, 1.165) is 24.0 Å². The molecule has 0 atom stereocenters. The van der Waals surface area contributed by atoms with E-state index < -0.39 is 0 Å². The van der Waals surface area contributed by atoms with Crippen LogP contribution in [0.1, 0.15) is 72.4 Å². The first-order chi connectivity index (χ1) is 14.9. The summed E-state index contributed by atoms with van der Waals surface area (Å²) < 4.78 is 0. The lowest BCUT2D eigenvalue weighted by atomic mass is 9.76. The number of nitrogens with zero attached hydrogens (tertiary/aromatic N) is 3. The summed E-state index contributed by atoms with van der Waals surface area (Å²) in [4.78, 5) is 13.4. The molecule has 0 aliphatic heterocycles. The minimum atomic E-state index is -0.240. The van der Waals surface area contributed by atoms with E-state index in [1.807, 2.05) is 6.07 Å². The van der Waals surface area contributed by atoms with E-state index in [-0.39, 0.29) is 22.5 Å². The number of hydrogen-bond acceptors (Lipinski definition) is 4. The van der Waals surface area contributed by atoms with Gasteiger partial charge in [0.1, 0.15) is 22.5 Å². The topological polar surface area (TPSA) is 80.0 Å². The summed E-state index contributed by atoms with van der Waals surface area (Å²) in [7, 11) is 0. The Bertz CT molecular complexity index is 1190.